The van der Waals surface area contributed by atoms with Crippen molar-refractivity contribution < 1.29 is 9.90 Å². The van der Waals surface area contributed by atoms with Gasteiger partial charge in [-0.2, -0.15) is 4.98 Å². The number of halogens is 1. The van der Waals surface area contributed by atoms with Crippen molar-refractivity contribution in [3.05, 3.63) is 82.0 Å². The van der Waals surface area contributed by atoms with E-state index < -0.39 is 0 Å². The monoisotopic (exact) mass is 477 g/mol. The van der Waals surface area contributed by atoms with Crippen LogP contribution in [0.1, 0.15) is 52.7 Å². The van der Waals surface area contributed by atoms with Gasteiger partial charge in [0.15, 0.2) is 0 Å². The second kappa shape index (κ2) is 9.60. The molecule has 3 aromatic rings. The summed E-state index contributed by atoms with van der Waals surface area (Å²) in [4.78, 5) is 24.8. The molecular formula is C26H28ClN5O2. The summed E-state index contributed by atoms with van der Waals surface area (Å²) >= 11 is 6.26. The van der Waals surface area contributed by atoms with Crippen molar-refractivity contribution in [2.24, 2.45) is 0 Å². The Labute approximate surface area is 204 Å². The molecule has 1 spiro atoms. The minimum absolute atomic E-state index is 0.106. The van der Waals surface area contributed by atoms with Gasteiger partial charge in [-0.05, 0) is 48.4 Å². The van der Waals surface area contributed by atoms with Gasteiger partial charge in [0.1, 0.15) is 11.4 Å². The number of benzene rings is 2. The maximum Gasteiger partial charge on any atom is 0.256 e. The van der Waals surface area contributed by atoms with E-state index in [1.54, 1.807) is 12.3 Å². The smallest absolute Gasteiger partial charge is 0.256 e. The van der Waals surface area contributed by atoms with E-state index in [1.807, 2.05) is 42.5 Å². The van der Waals surface area contributed by atoms with E-state index in [0.29, 0.717) is 41.0 Å². The van der Waals surface area contributed by atoms with Gasteiger partial charge in [0.2, 0.25) is 5.95 Å². The summed E-state index contributed by atoms with van der Waals surface area (Å²) in [7, 11) is 0. The van der Waals surface area contributed by atoms with E-state index in [1.165, 1.54) is 19.3 Å². The molecule has 176 valence electrons. The van der Waals surface area contributed by atoms with E-state index in [9.17, 15) is 9.90 Å². The number of nitrogens with zero attached hydrogens (tertiary/aromatic N) is 3. The molecule has 1 amide bonds. The van der Waals surface area contributed by atoms with Gasteiger partial charge < -0.3 is 20.6 Å². The molecule has 0 unspecified atom stereocenters. The number of carbonyl (C=O) groups excluding carboxylic acids is 1. The quantitative estimate of drug-likeness (QED) is 0.448. The summed E-state index contributed by atoms with van der Waals surface area (Å²) in [6, 6.07) is 15.3. The number of carbonyl (C=O) groups is 1. The van der Waals surface area contributed by atoms with E-state index in [0.717, 1.165) is 24.1 Å². The lowest BCUT2D eigenvalue weighted by atomic mass is 10.1. The summed E-state index contributed by atoms with van der Waals surface area (Å²) in [5.74, 6) is 0.945. The lowest BCUT2D eigenvalue weighted by Gasteiger charge is -2.25. The molecule has 5 rings (SSSR count). The summed E-state index contributed by atoms with van der Waals surface area (Å²) in [6.45, 7) is 1.70. The predicted octanol–water partition coefficient (Wildman–Crippen LogP) is 4.30. The van der Waals surface area contributed by atoms with Gasteiger partial charge in [0.05, 0.1) is 6.61 Å². The highest BCUT2D eigenvalue weighted by molar-refractivity contribution is 6.31. The van der Waals surface area contributed by atoms with Crippen LogP contribution in [0.3, 0.4) is 0 Å². The van der Waals surface area contributed by atoms with Crippen LogP contribution in [0.15, 0.2) is 54.7 Å². The zero-order valence-electron chi connectivity index (χ0n) is 18.9. The Morgan fingerprint density at radius 1 is 1.09 bits per heavy atom. The minimum atomic E-state index is -0.228. The zero-order chi connectivity index (χ0) is 23.5. The average Bonchev–Trinajstić information content (AvgIpc) is 3.52. The number of aliphatic hydroxyl groups is 1. The third kappa shape index (κ3) is 4.72. The van der Waals surface area contributed by atoms with Crippen molar-refractivity contribution in [2.75, 3.05) is 16.8 Å². The Balaban J connectivity index is 1.38. The molecule has 34 heavy (non-hydrogen) atoms. The van der Waals surface area contributed by atoms with Crippen LogP contribution in [0, 0.1) is 0 Å². The van der Waals surface area contributed by atoms with Crippen molar-refractivity contribution in [3.63, 3.8) is 0 Å². The highest BCUT2D eigenvalue weighted by Crippen LogP contribution is 2.50. The third-order valence-electron chi connectivity index (χ3n) is 6.73. The molecule has 7 nitrogen and oxygen atoms in total. The first kappa shape index (κ1) is 22.6. The average molecular weight is 478 g/mol. The summed E-state index contributed by atoms with van der Waals surface area (Å²) < 4.78 is 0. The van der Waals surface area contributed by atoms with Crippen LogP contribution in [0.4, 0.5) is 11.8 Å². The van der Waals surface area contributed by atoms with Gasteiger partial charge in [-0.1, -0.05) is 54.1 Å². The Morgan fingerprint density at radius 3 is 2.65 bits per heavy atom. The van der Waals surface area contributed by atoms with Crippen molar-refractivity contribution in [1.82, 2.24) is 15.3 Å². The zero-order valence-corrected chi connectivity index (χ0v) is 19.7. The topological polar surface area (TPSA) is 90.4 Å². The molecule has 1 aliphatic heterocycles. The highest BCUT2D eigenvalue weighted by atomic mass is 35.5. The summed E-state index contributed by atoms with van der Waals surface area (Å²) in [5, 5.41) is 16.2. The number of anilines is 2. The van der Waals surface area contributed by atoms with Crippen molar-refractivity contribution in [1.29, 1.82) is 0 Å². The van der Waals surface area contributed by atoms with Gasteiger partial charge in [-0.15, -0.1) is 0 Å². The van der Waals surface area contributed by atoms with Crippen molar-refractivity contribution in [3.8, 4) is 0 Å². The molecule has 1 saturated heterocycles. The van der Waals surface area contributed by atoms with Crippen LogP contribution in [0.2, 0.25) is 5.02 Å². The summed E-state index contributed by atoms with van der Waals surface area (Å²) in [5.41, 5.74) is 3.25. The molecule has 2 aliphatic rings. The second-order valence-electron chi connectivity index (χ2n) is 9.02. The van der Waals surface area contributed by atoms with Gasteiger partial charge >= 0.3 is 0 Å². The maximum absolute atomic E-state index is 13.1. The fraction of sp³-hybridized carbons (Fsp3) is 0.346. The Bertz CT molecular complexity index is 1180. The van der Waals surface area contributed by atoms with Crippen molar-refractivity contribution >= 4 is 29.3 Å². The molecule has 0 radical (unpaired) electrons. The van der Waals surface area contributed by atoms with Crippen LogP contribution in [0.25, 0.3) is 0 Å². The highest BCUT2D eigenvalue weighted by Gasteiger charge is 2.51. The Kier molecular flexibility index (Phi) is 6.39. The maximum atomic E-state index is 13.1. The molecule has 2 heterocycles. The number of nitrogens with one attached hydrogen (secondary N) is 2. The van der Waals surface area contributed by atoms with Crippen LogP contribution < -0.4 is 15.5 Å². The molecule has 2 aromatic carbocycles. The Morgan fingerprint density at radius 2 is 1.91 bits per heavy atom. The van der Waals surface area contributed by atoms with E-state index in [-0.39, 0.29) is 18.1 Å². The van der Waals surface area contributed by atoms with Gasteiger partial charge in [-0.25, -0.2) is 4.98 Å². The van der Waals surface area contributed by atoms with Crippen LogP contribution in [0.5, 0.6) is 0 Å². The Hall–Kier alpha value is -3.16. The SMILES string of the molecule is O=C(NCc1ccccc1)c1cnc(N2CCCC23CC3)nc1NCc1ccc(CO)c(Cl)c1. The number of aromatic nitrogens is 2. The third-order valence-corrected chi connectivity index (χ3v) is 7.08. The van der Waals surface area contributed by atoms with Crippen LogP contribution in [-0.4, -0.2) is 33.1 Å². The van der Waals surface area contributed by atoms with Crippen LogP contribution >= 0.6 is 11.6 Å². The largest absolute Gasteiger partial charge is 0.392 e. The molecule has 0 atom stereocenters. The predicted molar refractivity (Wildman–Crippen MR) is 133 cm³/mol. The standard InChI is InChI=1S/C26H28ClN5O2/c27-22-13-19(7-8-20(22)17-33)15-28-23-21(24(34)29-14-18-5-2-1-3-6-18)16-30-25(31-23)32-12-4-9-26(32)10-11-26/h1-3,5-8,13,16,33H,4,9-12,14-15,17H2,(H,29,34)(H,28,30,31). The van der Waals surface area contributed by atoms with E-state index in [2.05, 4.69) is 20.5 Å². The molecule has 2 fully saturated rings. The molecule has 1 aliphatic carbocycles. The molecular weight excluding hydrogens is 450 g/mol. The van der Waals surface area contributed by atoms with Gasteiger partial charge in [0.25, 0.3) is 5.91 Å². The van der Waals surface area contributed by atoms with Gasteiger partial charge in [-0.3, -0.25) is 4.79 Å². The van der Waals surface area contributed by atoms with Crippen LogP contribution in [-0.2, 0) is 19.7 Å². The molecule has 3 N–H and O–H groups in total. The normalized spacial score (nSPS) is 16.0. The number of rotatable bonds is 8. The molecule has 1 aromatic heterocycles. The fourth-order valence-electron chi connectivity index (χ4n) is 4.61. The van der Waals surface area contributed by atoms with Crippen molar-refractivity contribution in [2.45, 2.75) is 50.9 Å². The van der Waals surface area contributed by atoms with E-state index >= 15 is 0 Å². The molecule has 0 bridgehead atoms. The second-order valence-corrected chi connectivity index (χ2v) is 9.42. The number of aliphatic hydroxyl groups excluding tert-OH is 1. The molecule has 1 saturated carbocycles. The first-order valence-electron chi connectivity index (χ1n) is 11.7. The first-order valence-corrected chi connectivity index (χ1v) is 12.0. The molecule has 8 heteroatoms. The van der Waals surface area contributed by atoms with E-state index in [4.69, 9.17) is 16.6 Å². The number of hydrogen-bond donors (Lipinski definition) is 3. The fourth-order valence-corrected chi connectivity index (χ4v) is 4.87. The lowest BCUT2D eigenvalue weighted by molar-refractivity contribution is 0.0951. The minimum Gasteiger partial charge on any atom is -0.392 e. The first-order chi connectivity index (χ1) is 16.6. The lowest BCUT2D eigenvalue weighted by Crippen LogP contribution is -2.33. The van der Waals surface area contributed by atoms with Gasteiger partial charge in [0, 0.05) is 36.4 Å². The number of amides is 1. The summed E-state index contributed by atoms with van der Waals surface area (Å²) in [6.07, 6.45) is 6.29. The number of hydrogen-bond acceptors (Lipinski definition) is 6.